The summed E-state index contributed by atoms with van der Waals surface area (Å²) in [7, 11) is 0. The van der Waals surface area contributed by atoms with E-state index in [2.05, 4.69) is 15.6 Å². The van der Waals surface area contributed by atoms with Gasteiger partial charge in [-0.3, -0.25) is 14.6 Å². The second kappa shape index (κ2) is 8.81. The number of anilines is 2. The zero-order chi connectivity index (χ0) is 19.9. The van der Waals surface area contributed by atoms with Gasteiger partial charge in [0.1, 0.15) is 5.75 Å². The Bertz CT molecular complexity index is 1000. The molecular weight excluding hydrogens is 354 g/mol. The first kappa shape index (κ1) is 19.1. The van der Waals surface area contributed by atoms with Crippen molar-refractivity contribution in [3.63, 3.8) is 0 Å². The summed E-state index contributed by atoms with van der Waals surface area (Å²) in [4.78, 5) is 29.5. The molecular formula is C22H21N3O3. The molecule has 28 heavy (non-hydrogen) atoms. The Morgan fingerprint density at radius 2 is 1.61 bits per heavy atom. The van der Waals surface area contributed by atoms with E-state index in [1.54, 1.807) is 60.9 Å². The van der Waals surface area contributed by atoms with E-state index in [-0.39, 0.29) is 11.8 Å². The molecule has 3 aromatic rings. The third kappa shape index (κ3) is 4.54. The highest BCUT2D eigenvalue weighted by Gasteiger charge is 2.17. The number of ether oxygens (including phenoxy) is 1. The number of hydrogen-bond donors (Lipinski definition) is 2. The van der Waals surface area contributed by atoms with Crippen molar-refractivity contribution < 1.29 is 14.3 Å². The average molecular weight is 375 g/mol. The Morgan fingerprint density at radius 3 is 2.36 bits per heavy atom. The van der Waals surface area contributed by atoms with Crippen molar-refractivity contribution in [2.45, 2.75) is 13.8 Å². The summed E-state index contributed by atoms with van der Waals surface area (Å²) in [6, 6.07) is 15.7. The second-order valence-electron chi connectivity index (χ2n) is 6.13. The van der Waals surface area contributed by atoms with Crippen molar-refractivity contribution in [2.24, 2.45) is 0 Å². The van der Waals surface area contributed by atoms with E-state index >= 15 is 0 Å². The lowest BCUT2D eigenvalue weighted by Gasteiger charge is -2.13. The number of pyridine rings is 1. The summed E-state index contributed by atoms with van der Waals surface area (Å²) in [5.74, 6) is -0.182. The molecule has 0 aliphatic carbocycles. The summed E-state index contributed by atoms with van der Waals surface area (Å²) < 4.78 is 5.52. The van der Waals surface area contributed by atoms with Gasteiger partial charge in [0.15, 0.2) is 0 Å². The smallest absolute Gasteiger partial charge is 0.259 e. The number of nitrogens with zero attached hydrogens (tertiary/aromatic N) is 1. The lowest BCUT2D eigenvalue weighted by atomic mass is 10.1. The third-order valence-corrected chi connectivity index (χ3v) is 3.98. The van der Waals surface area contributed by atoms with Gasteiger partial charge in [-0.25, -0.2) is 0 Å². The first-order valence-corrected chi connectivity index (χ1v) is 8.93. The fraction of sp³-hybridized carbons (Fsp3) is 0.136. The summed E-state index contributed by atoms with van der Waals surface area (Å²) in [6.07, 6.45) is 3.28. The van der Waals surface area contributed by atoms with E-state index in [0.29, 0.717) is 34.9 Å². The fourth-order valence-corrected chi connectivity index (χ4v) is 2.74. The molecule has 0 saturated carbocycles. The molecule has 2 amide bonds. The summed E-state index contributed by atoms with van der Waals surface area (Å²) in [5, 5.41) is 5.62. The third-order valence-electron chi connectivity index (χ3n) is 3.98. The van der Waals surface area contributed by atoms with Crippen LogP contribution in [-0.2, 0) is 0 Å². The SMILES string of the molecule is CCOc1ccccc1C(=O)Nc1ccccc1C(=O)Nc1cncc(C)c1. The van der Waals surface area contributed by atoms with Crippen LogP contribution < -0.4 is 15.4 Å². The number of aryl methyl sites for hydroxylation is 1. The van der Waals surface area contributed by atoms with Gasteiger partial charge in [-0.05, 0) is 49.7 Å². The van der Waals surface area contributed by atoms with Crippen molar-refractivity contribution in [1.82, 2.24) is 4.98 Å². The molecule has 0 aliphatic heterocycles. The summed E-state index contributed by atoms with van der Waals surface area (Å²) >= 11 is 0. The van der Waals surface area contributed by atoms with E-state index in [9.17, 15) is 9.59 Å². The van der Waals surface area contributed by atoms with Crippen LogP contribution in [0.1, 0.15) is 33.2 Å². The number of aromatic nitrogens is 1. The number of carbonyl (C=O) groups is 2. The molecule has 0 aliphatic rings. The molecule has 2 N–H and O–H groups in total. The van der Waals surface area contributed by atoms with Crippen LogP contribution in [0.2, 0.25) is 0 Å². The van der Waals surface area contributed by atoms with E-state index in [0.717, 1.165) is 5.56 Å². The molecule has 0 atom stereocenters. The standard InChI is InChI=1S/C22H21N3O3/c1-3-28-20-11-7-5-9-18(20)22(27)25-19-10-6-4-8-17(19)21(26)24-16-12-15(2)13-23-14-16/h4-14H,3H2,1-2H3,(H,24,26)(H,25,27). The molecule has 3 rings (SSSR count). The van der Waals surface area contributed by atoms with Gasteiger partial charge in [0.25, 0.3) is 11.8 Å². The van der Waals surface area contributed by atoms with Gasteiger partial charge in [0.05, 0.1) is 35.3 Å². The van der Waals surface area contributed by atoms with Crippen LogP contribution in [0.25, 0.3) is 0 Å². The maximum Gasteiger partial charge on any atom is 0.259 e. The number of benzene rings is 2. The molecule has 0 saturated heterocycles. The first-order valence-electron chi connectivity index (χ1n) is 8.93. The van der Waals surface area contributed by atoms with Gasteiger partial charge in [-0.1, -0.05) is 24.3 Å². The topological polar surface area (TPSA) is 80.3 Å². The van der Waals surface area contributed by atoms with Gasteiger partial charge in [0, 0.05) is 6.20 Å². The highest BCUT2D eigenvalue weighted by atomic mass is 16.5. The number of hydrogen-bond acceptors (Lipinski definition) is 4. The minimum Gasteiger partial charge on any atom is -0.493 e. The summed E-state index contributed by atoms with van der Waals surface area (Å²) in [6.45, 7) is 4.20. The number of rotatable bonds is 6. The lowest BCUT2D eigenvalue weighted by molar-refractivity contribution is 0.102. The van der Waals surface area contributed by atoms with Crippen LogP contribution in [0.5, 0.6) is 5.75 Å². The van der Waals surface area contributed by atoms with Crippen molar-refractivity contribution >= 4 is 23.2 Å². The highest BCUT2D eigenvalue weighted by Crippen LogP contribution is 2.22. The highest BCUT2D eigenvalue weighted by molar-refractivity contribution is 6.13. The molecule has 6 heteroatoms. The number of carbonyl (C=O) groups excluding carboxylic acids is 2. The largest absolute Gasteiger partial charge is 0.493 e. The Balaban J connectivity index is 1.82. The molecule has 0 fully saturated rings. The zero-order valence-corrected chi connectivity index (χ0v) is 15.7. The zero-order valence-electron chi connectivity index (χ0n) is 15.7. The van der Waals surface area contributed by atoms with Gasteiger partial charge >= 0.3 is 0 Å². The quantitative estimate of drug-likeness (QED) is 0.673. The number of para-hydroxylation sites is 2. The van der Waals surface area contributed by atoms with E-state index in [1.807, 2.05) is 19.9 Å². The van der Waals surface area contributed by atoms with E-state index < -0.39 is 0 Å². The summed E-state index contributed by atoms with van der Waals surface area (Å²) in [5.41, 5.74) is 2.70. The van der Waals surface area contributed by atoms with Gasteiger partial charge < -0.3 is 15.4 Å². The predicted octanol–water partition coefficient (Wildman–Crippen LogP) is 4.29. The van der Waals surface area contributed by atoms with Crippen LogP contribution >= 0.6 is 0 Å². The Hall–Kier alpha value is -3.67. The van der Waals surface area contributed by atoms with Crippen molar-refractivity contribution in [3.05, 3.63) is 83.7 Å². The number of nitrogens with one attached hydrogen (secondary N) is 2. The van der Waals surface area contributed by atoms with Gasteiger partial charge in [-0.2, -0.15) is 0 Å². The molecule has 0 bridgehead atoms. The van der Waals surface area contributed by atoms with Gasteiger partial charge in [-0.15, -0.1) is 0 Å². The van der Waals surface area contributed by atoms with E-state index in [4.69, 9.17) is 4.74 Å². The van der Waals surface area contributed by atoms with Crippen molar-refractivity contribution in [3.8, 4) is 5.75 Å². The molecule has 1 aromatic heterocycles. The molecule has 0 radical (unpaired) electrons. The molecule has 1 heterocycles. The Morgan fingerprint density at radius 1 is 0.929 bits per heavy atom. The molecule has 6 nitrogen and oxygen atoms in total. The average Bonchev–Trinajstić information content (AvgIpc) is 2.69. The molecule has 0 spiro atoms. The van der Waals surface area contributed by atoms with Crippen LogP contribution in [0.4, 0.5) is 11.4 Å². The van der Waals surface area contributed by atoms with Gasteiger partial charge in [0.2, 0.25) is 0 Å². The van der Waals surface area contributed by atoms with Crippen molar-refractivity contribution in [1.29, 1.82) is 0 Å². The normalized spacial score (nSPS) is 10.2. The maximum atomic E-state index is 12.8. The van der Waals surface area contributed by atoms with Crippen molar-refractivity contribution in [2.75, 3.05) is 17.2 Å². The maximum absolute atomic E-state index is 12.8. The predicted molar refractivity (Wildman–Crippen MR) is 109 cm³/mol. The fourth-order valence-electron chi connectivity index (χ4n) is 2.74. The second-order valence-corrected chi connectivity index (χ2v) is 6.13. The van der Waals surface area contributed by atoms with Crippen LogP contribution in [0.15, 0.2) is 67.0 Å². The molecule has 2 aromatic carbocycles. The minimum absolute atomic E-state index is 0.332. The van der Waals surface area contributed by atoms with E-state index in [1.165, 1.54) is 0 Å². The number of amides is 2. The van der Waals surface area contributed by atoms with Crippen LogP contribution in [0.3, 0.4) is 0 Å². The molecule has 142 valence electrons. The first-order chi connectivity index (χ1) is 13.6. The Kier molecular flexibility index (Phi) is 6.01. The minimum atomic E-state index is -0.346. The van der Waals surface area contributed by atoms with Crippen LogP contribution in [0, 0.1) is 6.92 Å². The monoisotopic (exact) mass is 375 g/mol. The lowest BCUT2D eigenvalue weighted by Crippen LogP contribution is -2.19. The Labute approximate surface area is 163 Å². The van der Waals surface area contributed by atoms with Crippen LogP contribution in [-0.4, -0.2) is 23.4 Å². The molecule has 0 unspecified atom stereocenters.